The van der Waals surface area contributed by atoms with Gasteiger partial charge in [0.05, 0.1) is 0 Å². The van der Waals surface area contributed by atoms with E-state index in [-0.39, 0.29) is 0 Å². The molecule has 0 aromatic carbocycles. The third-order valence-corrected chi connectivity index (χ3v) is 0.503. The maximum atomic E-state index is 9.61. The Balaban J connectivity index is 3.45. The molecule has 0 aliphatic rings. The maximum absolute atomic E-state index is 9.61. The van der Waals surface area contributed by atoms with Gasteiger partial charge in [0.1, 0.15) is 3.23 Å². The van der Waals surface area contributed by atoms with Crippen molar-refractivity contribution in [3.8, 4) is 0 Å². The lowest BCUT2D eigenvalue weighted by molar-refractivity contribution is 0.553. The van der Waals surface area contributed by atoms with E-state index in [4.69, 9.17) is 0 Å². The van der Waals surface area contributed by atoms with Crippen molar-refractivity contribution in [3.63, 3.8) is 0 Å². The van der Waals surface area contributed by atoms with Gasteiger partial charge in [-0.2, -0.15) is 0 Å². The molecule has 1 nitrogen and oxygen atoms in total. The summed E-state index contributed by atoms with van der Waals surface area (Å²) in [6.07, 6.45) is 1.69. The zero-order valence-corrected chi connectivity index (χ0v) is 6.34. The van der Waals surface area contributed by atoms with Crippen molar-refractivity contribution in [1.82, 2.24) is 0 Å². The number of hydrogen-bond donors (Lipinski definition) is 0. The second-order valence-electron chi connectivity index (χ2n) is 0.990. The van der Waals surface area contributed by atoms with Crippen LogP contribution >= 0.6 is 31.9 Å². The summed E-state index contributed by atoms with van der Waals surface area (Å²) in [4.78, 5) is 9.61. The molecule has 6 heavy (non-hydrogen) atoms. The molecule has 0 aromatic rings. The topological polar surface area (TPSA) is 17.1 Å². The van der Waals surface area contributed by atoms with Crippen LogP contribution in [0, 0.1) is 0 Å². The number of alkyl halides is 2. The second kappa shape index (κ2) is 2.07. The normalized spacial score (nSPS) is 11.2. The van der Waals surface area contributed by atoms with E-state index < -0.39 is 3.23 Å². The van der Waals surface area contributed by atoms with Crippen molar-refractivity contribution in [1.29, 1.82) is 0 Å². The monoisotopic (exact) mass is 213 g/mol. The average molecular weight is 215 g/mol. The van der Waals surface area contributed by atoms with Crippen molar-refractivity contribution in [2.75, 3.05) is 0 Å². The number of hydrogen-bond acceptors (Lipinski definition) is 1. The molecule has 3 heteroatoms. The Morgan fingerprint density at radius 2 is 1.83 bits per heavy atom. The standard InChI is InChI=1S/C3H3Br2O/c1-3(4,5)2-6/h1H3. The van der Waals surface area contributed by atoms with Crippen LogP contribution in [0.5, 0.6) is 0 Å². The summed E-state index contributed by atoms with van der Waals surface area (Å²) in [5, 5.41) is 0. The van der Waals surface area contributed by atoms with Crippen LogP contribution in [0.2, 0.25) is 0 Å². The van der Waals surface area contributed by atoms with Gasteiger partial charge in [-0.15, -0.1) is 0 Å². The van der Waals surface area contributed by atoms with Crippen LogP contribution < -0.4 is 0 Å². The summed E-state index contributed by atoms with van der Waals surface area (Å²) in [7, 11) is 0. The van der Waals surface area contributed by atoms with E-state index in [9.17, 15) is 4.79 Å². The molecule has 0 aromatic heterocycles. The van der Waals surface area contributed by atoms with Crippen molar-refractivity contribution in [2.24, 2.45) is 0 Å². The van der Waals surface area contributed by atoms with E-state index in [1.165, 1.54) is 0 Å². The maximum Gasteiger partial charge on any atom is 0.227 e. The fourth-order valence-corrected chi connectivity index (χ4v) is 0. The first-order chi connectivity index (χ1) is 2.56. The Hall–Kier alpha value is 0.630. The van der Waals surface area contributed by atoms with Gasteiger partial charge in [0.25, 0.3) is 0 Å². The first-order valence-corrected chi connectivity index (χ1v) is 2.92. The summed E-state index contributed by atoms with van der Waals surface area (Å²) >= 11 is 5.94. The van der Waals surface area contributed by atoms with Gasteiger partial charge in [-0.1, -0.05) is 31.9 Å². The lowest BCUT2D eigenvalue weighted by atomic mass is 10.6. The smallest absolute Gasteiger partial charge is 0.227 e. The summed E-state index contributed by atoms with van der Waals surface area (Å²) in [6.45, 7) is 1.65. The Kier molecular flexibility index (Phi) is 2.29. The van der Waals surface area contributed by atoms with Crippen LogP contribution in [0.15, 0.2) is 0 Å². The predicted octanol–water partition coefficient (Wildman–Crippen LogP) is 1.60. The molecule has 0 saturated carbocycles. The van der Waals surface area contributed by atoms with Crippen LogP contribution in [0.4, 0.5) is 0 Å². The van der Waals surface area contributed by atoms with Crippen molar-refractivity contribution < 1.29 is 4.79 Å². The quantitative estimate of drug-likeness (QED) is 0.607. The van der Waals surface area contributed by atoms with E-state index in [2.05, 4.69) is 31.9 Å². The summed E-state index contributed by atoms with van der Waals surface area (Å²) < 4.78 is -0.639. The Morgan fingerprint density at radius 3 is 1.83 bits per heavy atom. The number of rotatable bonds is 1. The van der Waals surface area contributed by atoms with Crippen LogP contribution in [0.25, 0.3) is 0 Å². The Labute approximate surface area is 53.4 Å². The molecule has 1 radical (unpaired) electrons. The van der Waals surface area contributed by atoms with Gasteiger partial charge >= 0.3 is 0 Å². The van der Waals surface area contributed by atoms with Crippen LogP contribution in [-0.2, 0) is 4.79 Å². The van der Waals surface area contributed by atoms with Crippen molar-refractivity contribution in [2.45, 2.75) is 10.2 Å². The third-order valence-electron chi connectivity index (χ3n) is 0.179. The summed E-state index contributed by atoms with van der Waals surface area (Å²) in [5.74, 6) is 0. The van der Waals surface area contributed by atoms with E-state index in [1.807, 2.05) is 0 Å². The predicted molar refractivity (Wildman–Crippen MR) is 32.0 cm³/mol. The highest BCUT2D eigenvalue weighted by Gasteiger charge is 2.12. The molecule has 35 valence electrons. The zero-order chi connectivity index (χ0) is 5.21. The minimum Gasteiger partial charge on any atom is -0.288 e. The molecule has 0 aliphatic carbocycles. The molecule has 0 spiro atoms. The summed E-state index contributed by atoms with van der Waals surface area (Å²) in [6, 6.07) is 0. The molecule has 0 amide bonds. The molecule has 0 bridgehead atoms. The largest absolute Gasteiger partial charge is 0.288 e. The highest BCUT2D eigenvalue weighted by Crippen LogP contribution is 2.20. The van der Waals surface area contributed by atoms with Crippen molar-refractivity contribution in [3.05, 3.63) is 0 Å². The van der Waals surface area contributed by atoms with Gasteiger partial charge in [0.15, 0.2) is 0 Å². The Morgan fingerprint density at radius 1 is 1.67 bits per heavy atom. The van der Waals surface area contributed by atoms with Crippen molar-refractivity contribution >= 4 is 38.1 Å². The lowest BCUT2D eigenvalue weighted by Gasteiger charge is -1.96. The van der Waals surface area contributed by atoms with Crippen LogP contribution in [0.3, 0.4) is 0 Å². The molecular weight excluding hydrogens is 212 g/mol. The highest BCUT2D eigenvalue weighted by atomic mass is 79.9. The molecule has 0 rings (SSSR count). The van der Waals surface area contributed by atoms with Gasteiger partial charge in [0.2, 0.25) is 6.29 Å². The SMILES string of the molecule is CC(Br)(Br)[C]=O. The fraction of sp³-hybridized carbons (Fsp3) is 0.667. The van der Waals surface area contributed by atoms with Crippen LogP contribution in [0.1, 0.15) is 6.92 Å². The lowest BCUT2D eigenvalue weighted by Crippen LogP contribution is -2.03. The summed E-state index contributed by atoms with van der Waals surface area (Å²) in [5.41, 5.74) is 0. The molecular formula is C3H3Br2O. The first kappa shape index (κ1) is 6.63. The average Bonchev–Trinajstić information content (AvgIpc) is 1.35. The second-order valence-corrected chi connectivity index (χ2v) is 5.23. The highest BCUT2D eigenvalue weighted by molar-refractivity contribution is 9.25. The Bertz CT molecular complexity index is 54.3. The van der Waals surface area contributed by atoms with Gasteiger partial charge in [0, 0.05) is 0 Å². The fourth-order valence-electron chi connectivity index (χ4n) is 0. The first-order valence-electron chi connectivity index (χ1n) is 1.33. The minimum absolute atomic E-state index is 0.639. The van der Waals surface area contributed by atoms with Crippen LogP contribution in [-0.4, -0.2) is 9.52 Å². The molecule has 0 fully saturated rings. The van der Waals surface area contributed by atoms with E-state index >= 15 is 0 Å². The molecule has 0 aliphatic heterocycles. The molecule has 0 heterocycles. The van der Waals surface area contributed by atoms with Gasteiger partial charge in [-0.25, -0.2) is 0 Å². The molecule has 0 atom stereocenters. The minimum atomic E-state index is -0.639. The van der Waals surface area contributed by atoms with E-state index in [0.717, 1.165) is 0 Å². The zero-order valence-electron chi connectivity index (χ0n) is 3.16. The van der Waals surface area contributed by atoms with Gasteiger partial charge in [-0.3, -0.25) is 4.79 Å². The molecule has 0 unspecified atom stereocenters. The number of halogens is 2. The molecule has 0 saturated heterocycles. The van der Waals surface area contributed by atoms with E-state index in [1.54, 1.807) is 13.2 Å². The number of carbonyl (C=O) groups excluding carboxylic acids is 1. The third kappa shape index (κ3) is 4.63. The van der Waals surface area contributed by atoms with Gasteiger partial charge in [-0.05, 0) is 6.92 Å². The molecule has 0 N–H and O–H groups in total. The van der Waals surface area contributed by atoms with E-state index in [0.29, 0.717) is 0 Å². The van der Waals surface area contributed by atoms with Gasteiger partial charge < -0.3 is 0 Å².